The van der Waals surface area contributed by atoms with Crippen LogP contribution in [0.4, 0.5) is 0 Å². The zero-order valence-electron chi connectivity index (χ0n) is 27.3. The van der Waals surface area contributed by atoms with Gasteiger partial charge in [0.1, 0.15) is 0 Å². The van der Waals surface area contributed by atoms with Crippen LogP contribution in [0, 0.1) is 38.2 Å². The van der Waals surface area contributed by atoms with E-state index in [1.165, 1.54) is 0 Å². The molecule has 0 aliphatic rings. The van der Waals surface area contributed by atoms with Crippen molar-refractivity contribution < 1.29 is 38.2 Å². The van der Waals surface area contributed by atoms with Gasteiger partial charge in [0.05, 0.1) is 0 Å². The van der Waals surface area contributed by atoms with Crippen molar-refractivity contribution in [1.82, 2.24) is 14.7 Å². The van der Waals surface area contributed by atoms with Crippen molar-refractivity contribution in [3.8, 4) is 0 Å². The van der Waals surface area contributed by atoms with Crippen LogP contribution in [0.1, 0.15) is 83.1 Å². The maximum absolute atomic E-state index is 4.39. The van der Waals surface area contributed by atoms with E-state index >= 15 is 0 Å². The Morgan fingerprint density at radius 2 is 0.568 bits per heavy atom. The Bertz CT molecular complexity index is 536. The van der Waals surface area contributed by atoms with Gasteiger partial charge in [0.15, 0.2) is 0 Å². The second-order valence-electron chi connectivity index (χ2n) is 10.9. The van der Waals surface area contributed by atoms with Gasteiger partial charge in [-0.15, -0.1) is 0 Å². The van der Waals surface area contributed by atoms with Gasteiger partial charge in [0.2, 0.25) is 0 Å². The summed E-state index contributed by atoms with van der Waals surface area (Å²) in [6.07, 6.45) is 0. The van der Waals surface area contributed by atoms with Crippen LogP contribution in [0.15, 0.2) is 15.0 Å². The van der Waals surface area contributed by atoms with Gasteiger partial charge >= 0.3 is 38.2 Å². The molecule has 0 aromatic carbocycles. The first kappa shape index (κ1) is 43.1. The molecule has 0 saturated carbocycles. The standard InChI is InChI=1S/3C9H20N3.Dy/c3*1-7(2)10-9(12(5)6)11-8(3)4;/h3*7-8H,1-6H3;/q3*-1;+3. The molecule has 0 aromatic heterocycles. The van der Waals surface area contributed by atoms with Crippen LogP contribution in [0.25, 0.3) is 16.0 Å². The third-order valence-electron chi connectivity index (χ3n) is 3.44. The molecule has 0 unspecified atom stereocenters. The second kappa shape index (κ2) is 24.1. The van der Waals surface area contributed by atoms with E-state index < -0.39 is 0 Å². The molecule has 0 bridgehead atoms. The van der Waals surface area contributed by atoms with Crippen LogP contribution in [-0.4, -0.2) is 111 Å². The molecule has 0 saturated heterocycles. The monoisotopic (exact) mass is 674 g/mol. The molecule has 0 aliphatic carbocycles. The molecular formula is C27H60DyN9. The summed E-state index contributed by atoms with van der Waals surface area (Å²) >= 11 is 0. The van der Waals surface area contributed by atoms with Crippen molar-refractivity contribution >= 4 is 17.9 Å². The minimum Gasteiger partial charge on any atom is -0.432 e. The molecule has 9 nitrogen and oxygen atoms in total. The van der Waals surface area contributed by atoms with E-state index in [-0.39, 0.29) is 38.2 Å². The molecule has 0 atom stereocenters. The van der Waals surface area contributed by atoms with E-state index in [1.54, 1.807) is 0 Å². The summed E-state index contributed by atoms with van der Waals surface area (Å²) in [6, 6.07) is 1.86. The van der Waals surface area contributed by atoms with Crippen LogP contribution < -0.4 is 0 Å². The van der Waals surface area contributed by atoms with Gasteiger partial charge in [-0.25, -0.2) is 0 Å². The summed E-state index contributed by atoms with van der Waals surface area (Å²) in [6.45, 7) is 24.7. The van der Waals surface area contributed by atoms with Crippen LogP contribution in [0.3, 0.4) is 0 Å². The number of nitrogens with zero attached hydrogens (tertiary/aromatic N) is 9. The zero-order valence-corrected chi connectivity index (χ0v) is 29.3. The fourth-order valence-corrected chi connectivity index (χ4v) is 2.18. The van der Waals surface area contributed by atoms with Crippen molar-refractivity contribution in [2.75, 3.05) is 42.3 Å². The average Bonchev–Trinajstić information content (AvgIpc) is 2.65. The molecule has 0 N–H and O–H groups in total. The predicted molar refractivity (Wildman–Crippen MR) is 164 cm³/mol. The summed E-state index contributed by atoms with van der Waals surface area (Å²) in [5.41, 5.74) is 0. The number of guanidine groups is 3. The van der Waals surface area contributed by atoms with E-state index in [9.17, 15) is 0 Å². The minimum absolute atomic E-state index is 0. The van der Waals surface area contributed by atoms with Gasteiger partial charge in [-0.05, 0) is 78.5 Å². The number of hydrogen-bond donors (Lipinski definition) is 0. The second-order valence-corrected chi connectivity index (χ2v) is 10.9. The normalized spacial score (nSPS) is 12.2. The minimum atomic E-state index is 0. The van der Waals surface area contributed by atoms with E-state index in [0.29, 0.717) is 36.3 Å². The Hall–Kier alpha value is -0.917. The Kier molecular flexibility index (Phi) is 28.2. The van der Waals surface area contributed by atoms with Crippen molar-refractivity contribution in [3.05, 3.63) is 16.0 Å². The first-order chi connectivity index (χ1) is 16.3. The van der Waals surface area contributed by atoms with Crippen molar-refractivity contribution in [2.45, 2.75) is 119 Å². The van der Waals surface area contributed by atoms with Gasteiger partial charge in [-0.1, -0.05) is 83.1 Å². The van der Waals surface area contributed by atoms with Crippen LogP contribution in [0.2, 0.25) is 0 Å². The molecule has 0 spiro atoms. The van der Waals surface area contributed by atoms with Crippen LogP contribution in [0.5, 0.6) is 0 Å². The summed E-state index contributed by atoms with van der Waals surface area (Å²) in [7, 11) is 11.8. The van der Waals surface area contributed by atoms with Crippen LogP contribution in [-0.2, 0) is 0 Å². The summed E-state index contributed by atoms with van der Waals surface area (Å²) in [5, 5.41) is 13.2. The molecule has 0 aromatic rings. The zero-order chi connectivity index (χ0) is 29.2. The topological polar surface area (TPSA) is 89.1 Å². The van der Waals surface area contributed by atoms with E-state index in [0.717, 1.165) is 17.9 Å². The molecular weight excluding hydrogens is 613 g/mol. The van der Waals surface area contributed by atoms with Gasteiger partial charge in [-0.2, -0.15) is 0 Å². The van der Waals surface area contributed by atoms with Gasteiger partial charge in [-0.3, -0.25) is 0 Å². The van der Waals surface area contributed by atoms with Crippen LogP contribution >= 0.6 is 0 Å². The summed E-state index contributed by atoms with van der Waals surface area (Å²) in [4.78, 5) is 19.0. The predicted octanol–water partition coefficient (Wildman–Crippen LogP) is 6.28. The maximum atomic E-state index is 4.39. The van der Waals surface area contributed by atoms with E-state index in [1.807, 2.05) is 57.0 Å². The molecule has 0 heterocycles. The number of hydrogen-bond acceptors (Lipinski definition) is 3. The third-order valence-corrected chi connectivity index (χ3v) is 3.44. The Labute approximate surface area is 261 Å². The molecule has 1 radical (unpaired) electrons. The van der Waals surface area contributed by atoms with Gasteiger partial charge in [0, 0.05) is 17.9 Å². The number of aliphatic imine (C=N–C) groups is 3. The fraction of sp³-hybridized carbons (Fsp3) is 0.889. The Morgan fingerprint density at radius 1 is 0.405 bits per heavy atom. The molecule has 0 fully saturated rings. The molecule has 10 heteroatoms. The quantitative estimate of drug-likeness (QED) is 0.246. The third kappa shape index (κ3) is 31.2. The molecule has 37 heavy (non-hydrogen) atoms. The average molecular weight is 673 g/mol. The van der Waals surface area contributed by atoms with E-state index in [4.69, 9.17) is 0 Å². The SMILES string of the molecule is CC(C)N=C([N-]C(C)C)N(C)C.CC(C)N=C([N-]C(C)C)N(C)C.CC(C)N=C([N-]C(C)C)N(C)C.[Dy+3]. The molecule has 0 rings (SSSR count). The maximum Gasteiger partial charge on any atom is 3.00 e. The first-order valence-electron chi connectivity index (χ1n) is 13.2. The molecule has 223 valence electrons. The van der Waals surface area contributed by atoms with Crippen molar-refractivity contribution in [2.24, 2.45) is 15.0 Å². The summed E-state index contributed by atoms with van der Waals surface area (Å²) in [5.74, 6) is 2.50. The fourth-order valence-electron chi connectivity index (χ4n) is 2.18. The Morgan fingerprint density at radius 3 is 0.649 bits per heavy atom. The van der Waals surface area contributed by atoms with E-state index in [2.05, 4.69) is 114 Å². The van der Waals surface area contributed by atoms with Gasteiger partial charge < -0.3 is 45.6 Å². The molecule has 0 amide bonds. The number of rotatable bonds is 6. The summed E-state index contributed by atoms with van der Waals surface area (Å²) < 4.78 is 0. The first-order valence-corrected chi connectivity index (χ1v) is 13.2. The van der Waals surface area contributed by atoms with Crippen molar-refractivity contribution in [1.29, 1.82) is 0 Å². The Balaban J connectivity index is -0.000000218. The van der Waals surface area contributed by atoms with Gasteiger partial charge in [0.25, 0.3) is 0 Å². The largest absolute Gasteiger partial charge is 3.00 e. The smallest absolute Gasteiger partial charge is 0.432 e. The van der Waals surface area contributed by atoms with Crippen molar-refractivity contribution in [3.63, 3.8) is 0 Å². The molecule has 0 aliphatic heterocycles.